The predicted octanol–water partition coefficient (Wildman–Crippen LogP) is 6.43. The van der Waals surface area contributed by atoms with Crippen LogP contribution in [0.15, 0.2) is 41.3 Å². The summed E-state index contributed by atoms with van der Waals surface area (Å²) < 4.78 is 43.2. The normalized spacial score (nSPS) is 12.9. The Balaban J connectivity index is 1.76. The first-order valence-corrected chi connectivity index (χ1v) is 16.1. The summed E-state index contributed by atoms with van der Waals surface area (Å²) in [6.07, 6.45) is 4.68. The molecule has 1 unspecified atom stereocenters. The Bertz CT molecular complexity index is 1130. The maximum absolute atomic E-state index is 13.0. The Morgan fingerprint density at radius 2 is 1.50 bits per heavy atom. The topological polar surface area (TPSA) is 75.5 Å². The molecule has 38 heavy (non-hydrogen) atoms. The number of hydrogen-bond donors (Lipinski definition) is 1. The lowest BCUT2D eigenvalue weighted by Crippen LogP contribution is -2.33. The predicted molar refractivity (Wildman–Crippen MR) is 159 cm³/mol. The number of nitrogens with one attached hydrogen (secondary N) is 1. The van der Waals surface area contributed by atoms with Crippen LogP contribution in [0.4, 0.5) is 5.69 Å². The third-order valence-corrected chi connectivity index (χ3v) is 9.72. The van der Waals surface area contributed by atoms with E-state index in [1.54, 1.807) is 12.1 Å². The van der Waals surface area contributed by atoms with E-state index >= 15 is 0 Å². The molecule has 0 saturated carbocycles. The first kappa shape index (κ1) is 32.4. The smallest absolute Gasteiger partial charge is 0.259 e. The average molecular weight is 565 g/mol. The second kappa shape index (κ2) is 16.3. The third kappa shape index (κ3) is 9.75. The van der Waals surface area contributed by atoms with Gasteiger partial charge in [-0.05, 0) is 52.7 Å². The number of unbranched alkanes of at least 4 members (excludes halogenated alkanes) is 4. The molecule has 0 aromatic heterocycles. The van der Waals surface area contributed by atoms with E-state index in [9.17, 15) is 8.42 Å². The van der Waals surface area contributed by atoms with Crippen molar-refractivity contribution >= 4 is 35.0 Å². The van der Waals surface area contributed by atoms with Crippen molar-refractivity contribution < 1.29 is 17.5 Å². The van der Waals surface area contributed by atoms with Crippen LogP contribution >= 0.6 is 8.53 Å². The van der Waals surface area contributed by atoms with Crippen LogP contribution in [0.5, 0.6) is 0 Å². The van der Waals surface area contributed by atoms with Gasteiger partial charge in [0.05, 0.1) is 11.5 Å². The summed E-state index contributed by atoms with van der Waals surface area (Å²) in [5.41, 5.74) is 0.993. The molecule has 0 bridgehead atoms. The van der Waals surface area contributed by atoms with E-state index in [4.69, 9.17) is 15.6 Å². The van der Waals surface area contributed by atoms with Gasteiger partial charge in [-0.1, -0.05) is 43.5 Å². The van der Waals surface area contributed by atoms with Crippen molar-refractivity contribution in [2.75, 3.05) is 45.3 Å². The highest BCUT2D eigenvalue weighted by atomic mass is 32.2. The Hall–Kier alpha value is -1.79. The maximum Gasteiger partial charge on any atom is 0.259 e. The van der Waals surface area contributed by atoms with Crippen molar-refractivity contribution in [3.05, 3.63) is 47.8 Å². The summed E-state index contributed by atoms with van der Waals surface area (Å²) in [5, 5.41) is 1.66. The monoisotopic (exact) mass is 564 g/mol. The van der Waals surface area contributed by atoms with Gasteiger partial charge in [-0.2, -0.15) is 0 Å². The lowest BCUT2D eigenvalue weighted by molar-refractivity contribution is 0.176. The van der Waals surface area contributed by atoms with Gasteiger partial charge >= 0.3 is 0 Å². The largest absolute Gasteiger partial charge is 0.377 e. The summed E-state index contributed by atoms with van der Waals surface area (Å²) in [6.45, 7) is 17.3. The summed E-state index contributed by atoms with van der Waals surface area (Å²) in [6, 6.07) is 11.8. The van der Waals surface area contributed by atoms with Crippen LogP contribution in [-0.4, -0.2) is 65.6 Å². The number of anilines is 1. The molecular formula is C28H45N4O4PS. The van der Waals surface area contributed by atoms with Crippen LogP contribution in [-0.2, 0) is 19.1 Å². The second-order valence-corrected chi connectivity index (χ2v) is 13.2. The van der Waals surface area contributed by atoms with Gasteiger partial charge in [0.2, 0.25) is 16.6 Å². The van der Waals surface area contributed by atoms with Crippen LogP contribution in [0.2, 0.25) is 0 Å². The van der Waals surface area contributed by atoms with Crippen molar-refractivity contribution in [2.24, 2.45) is 0 Å². The Morgan fingerprint density at radius 1 is 0.895 bits per heavy atom. The number of rotatable bonds is 18. The van der Waals surface area contributed by atoms with Gasteiger partial charge in [0.15, 0.2) is 0 Å². The summed E-state index contributed by atoms with van der Waals surface area (Å²) in [7, 11) is -0.873. The first-order chi connectivity index (χ1) is 18.1. The third-order valence-electron chi connectivity index (χ3n) is 6.10. The molecule has 0 heterocycles. The molecule has 0 aliphatic rings. The molecule has 0 spiro atoms. The van der Waals surface area contributed by atoms with Crippen molar-refractivity contribution in [2.45, 2.75) is 76.8 Å². The minimum Gasteiger partial charge on any atom is -0.377 e. The second-order valence-electron chi connectivity index (χ2n) is 10.0. The van der Waals surface area contributed by atoms with Crippen LogP contribution < -0.4 is 9.62 Å². The molecule has 1 N–H and O–H groups in total. The van der Waals surface area contributed by atoms with Gasteiger partial charge in [-0.3, -0.25) is 0 Å². The molecule has 2 rings (SSSR count). The molecule has 0 amide bonds. The van der Waals surface area contributed by atoms with Gasteiger partial charge in [-0.25, -0.2) is 24.4 Å². The van der Waals surface area contributed by atoms with E-state index in [0.717, 1.165) is 48.6 Å². The molecule has 2 aromatic rings. The molecule has 8 nitrogen and oxygen atoms in total. The van der Waals surface area contributed by atoms with Gasteiger partial charge < -0.3 is 18.8 Å². The van der Waals surface area contributed by atoms with Crippen molar-refractivity contribution in [3.63, 3.8) is 0 Å². The van der Waals surface area contributed by atoms with E-state index in [1.807, 2.05) is 43.3 Å². The van der Waals surface area contributed by atoms with Crippen molar-refractivity contribution in [1.82, 2.24) is 9.39 Å². The number of nitrogens with zero attached hydrogens (tertiary/aromatic N) is 3. The van der Waals surface area contributed by atoms with Crippen molar-refractivity contribution in [1.29, 1.82) is 0 Å². The van der Waals surface area contributed by atoms with Crippen LogP contribution in [0, 0.1) is 6.57 Å². The minimum atomic E-state index is -3.60. The van der Waals surface area contributed by atoms with E-state index < -0.39 is 18.5 Å². The van der Waals surface area contributed by atoms with Gasteiger partial charge in [0, 0.05) is 49.2 Å². The molecule has 0 fully saturated rings. The zero-order valence-corrected chi connectivity index (χ0v) is 25.5. The summed E-state index contributed by atoms with van der Waals surface area (Å²) >= 11 is 0. The zero-order chi connectivity index (χ0) is 28.1. The fraction of sp³-hybridized carbons (Fsp3) is 0.607. The van der Waals surface area contributed by atoms with Gasteiger partial charge in [-0.15, -0.1) is 0 Å². The zero-order valence-electron chi connectivity index (χ0n) is 23.8. The lowest BCUT2D eigenvalue weighted by atomic mass is 10.1. The molecule has 212 valence electrons. The van der Waals surface area contributed by atoms with Gasteiger partial charge in [0.1, 0.15) is 6.61 Å². The van der Waals surface area contributed by atoms with E-state index in [-0.39, 0.29) is 0 Å². The lowest BCUT2D eigenvalue weighted by Gasteiger charge is -2.35. The number of fused-ring (bicyclic) bond motifs is 1. The van der Waals surface area contributed by atoms with Crippen LogP contribution in [0.1, 0.15) is 59.8 Å². The van der Waals surface area contributed by atoms with E-state index in [1.165, 1.54) is 0 Å². The van der Waals surface area contributed by atoms with E-state index in [2.05, 4.69) is 41.9 Å². The number of benzene rings is 2. The number of hydrogen-bond acceptors (Lipinski definition) is 6. The van der Waals surface area contributed by atoms with Crippen LogP contribution in [0.3, 0.4) is 0 Å². The molecule has 0 aliphatic heterocycles. The highest BCUT2D eigenvalue weighted by Crippen LogP contribution is 2.45. The molecule has 2 aromatic carbocycles. The molecule has 0 aliphatic carbocycles. The maximum atomic E-state index is 13.0. The van der Waals surface area contributed by atoms with Crippen LogP contribution in [0.25, 0.3) is 15.6 Å². The van der Waals surface area contributed by atoms with Gasteiger partial charge in [0.25, 0.3) is 8.53 Å². The Kier molecular flexibility index (Phi) is 13.9. The highest BCUT2D eigenvalue weighted by molar-refractivity contribution is 7.89. The average Bonchev–Trinajstić information content (AvgIpc) is 2.86. The minimum absolute atomic E-state index is 0.293. The standard InChI is InChI=1S/C28H45N4O4PS/c1-23(2)32(24(3)4)37(36-22-20-29-5)35-21-12-10-8-9-11-19-30-38(33,34)28-18-14-15-25-26(28)16-13-17-27(25)31(6)7/h13-18,23-24,30H,8-12,19-22H2,1-4,6-7H3. The molecule has 0 radical (unpaired) electrons. The molecule has 0 saturated heterocycles. The molecule has 1 atom stereocenters. The van der Waals surface area contributed by atoms with E-state index in [0.29, 0.717) is 43.3 Å². The van der Waals surface area contributed by atoms with Crippen molar-refractivity contribution in [3.8, 4) is 0 Å². The fourth-order valence-corrected chi connectivity index (χ4v) is 7.29. The Morgan fingerprint density at radius 3 is 2.16 bits per heavy atom. The first-order valence-electron chi connectivity index (χ1n) is 13.5. The fourth-order valence-electron chi connectivity index (χ4n) is 4.38. The highest BCUT2D eigenvalue weighted by Gasteiger charge is 2.27. The molecule has 10 heteroatoms. The SMILES string of the molecule is [C-]#[N+]CCOP(OCCCCCCCNS(=O)(=O)c1cccc2c(N(C)C)cccc12)N(C(C)C)C(C)C. The molecular weight excluding hydrogens is 519 g/mol. The number of sulfonamides is 1. The quantitative estimate of drug-likeness (QED) is 0.128. The summed E-state index contributed by atoms with van der Waals surface area (Å²) in [5.74, 6) is 0. The summed E-state index contributed by atoms with van der Waals surface area (Å²) in [4.78, 5) is 5.69. The Labute approximate surface area is 231 Å².